The summed E-state index contributed by atoms with van der Waals surface area (Å²) in [5, 5.41) is 4.27. The van der Waals surface area contributed by atoms with E-state index >= 15 is 0 Å². The van der Waals surface area contributed by atoms with Gasteiger partial charge in [-0.25, -0.2) is 17.9 Å². The molecule has 0 bridgehead atoms. The van der Waals surface area contributed by atoms with Crippen molar-refractivity contribution in [2.45, 2.75) is 42.6 Å². The summed E-state index contributed by atoms with van der Waals surface area (Å²) in [6.45, 7) is 1.93. The van der Waals surface area contributed by atoms with E-state index in [4.69, 9.17) is 4.74 Å². The van der Waals surface area contributed by atoms with Gasteiger partial charge in [-0.2, -0.15) is 5.10 Å². The molecule has 1 saturated carbocycles. The third kappa shape index (κ3) is 4.54. The lowest BCUT2D eigenvalue weighted by atomic mass is 10.2. The molecule has 35 heavy (non-hydrogen) atoms. The Balaban J connectivity index is 1.68. The lowest BCUT2D eigenvalue weighted by Gasteiger charge is -2.12. The van der Waals surface area contributed by atoms with Gasteiger partial charge in [0.15, 0.2) is 0 Å². The van der Waals surface area contributed by atoms with E-state index < -0.39 is 26.8 Å². The predicted octanol–water partition coefficient (Wildman–Crippen LogP) is 1.29. The van der Waals surface area contributed by atoms with Crippen LogP contribution in [0.1, 0.15) is 30.9 Å². The van der Waals surface area contributed by atoms with E-state index in [2.05, 4.69) is 14.8 Å². The van der Waals surface area contributed by atoms with Crippen LogP contribution in [-0.2, 0) is 30.2 Å². The number of thiophene rings is 1. The van der Waals surface area contributed by atoms with Crippen LogP contribution in [0.15, 0.2) is 50.7 Å². The van der Waals surface area contributed by atoms with Gasteiger partial charge in [-0.05, 0) is 37.5 Å². The minimum Gasteiger partial charge on any atom is -0.495 e. The maximum Gasteiger partial charge on any atom is 0.332 e. The van der Waals surface area contributed by atoms with Crippen LogP contribution in [0.4, 0.5) is 0 Å². The van der Waals surface area contributed by atoms with Gasteiger partial charge in [0, 0.05) is 30.5 Å². The second-order valence-corrected chi connectivity index (χ2v) is 11.9. The SMILES string of the molecule is COc1cncc(Cn2c(=O)n(Cc3cnn(C)c3)c(=O)c3cc(S(=O)(=O)NC4(C)CC4)sc32)c1. The molecule has 0 amide bonds. The second-order valence-electron chi connectivity index (χ2n) is 8.97. The first-order chi connectivity index (χ1) is 16.6. The Bertz CT molecular complexity index is 1660. The van der Waals surface area contributed by atoms with Gasteiger partial charge in [0.25, 0.3) is 15.6 Å². The molecular weight excluding hydrogens is 492 g/mol. The van der Waals surface area contributed by atoms with Crippen LogP contribution in [0.5, 0.6) is 5.75 Å². The van der Waals surface area contributed by atoms with Gasteiger partial charge in [-0.1, -0.05) is 0 Å². The zero-order valence-corrected chi connectivity index (χ0v) is 21.0. The number of rotatable bonds is 8. The highest BCUT2D eigenvalue weighted by molar-refractivity contribution is 7.91. The number of fused-ring (bicyclic) bond motifs is 1. The van der Waals surface area contributed by atoms with E-state index in [0.717, 1.165) is 28.7 Å². The van der Waals surface area contributed by atoms with Crippen molar-refractivity contribution in [1.29, 1.82) is 0 Å². The summed E-state index contributed by atoms with van der Waals surface area (Å²) in [4.78, 5) is 31.4. The molecule has 1 aliphatic rings. The Kier molecular flexibility index (Phi) is 5.65. The molecule has 4 heterocycles. The first kappa shape index (κ1) is 23.5. The molecule has 5 rings (SSSR count). The van der Waals surface area contributed by atoms with E-state index in [1.165, 1.54) is 17.7 Å². The van der Waals surface area contributed by atoms with Crippen LogP contribution in [0.25, 0.3) is 10.2 Å². The van der Waals surface area contributed by atoms with Crippen molar-refractivity contribution in [3.05, 3.63) is 68.9 Å². The number of nitrogens with one attached hydrogen (secondary N) is 1. The Hall–Kier alpha value is -3.29. The molecule has 0 spiro atoms. The van der Waals surface area contributed by atoms with Crippen LogP contribution in [0.3, 0.4) is 0 Å². The minimum absolute atomic E-state index is 0.00577. The summed E-state index contributed by atoms with van der Waals surface area (Å²) in [6.07, 6.45) is 7.95. The number of aromatic nitrogens is 5. The maximum atomic E-state index is 13.6. The fraction of sp³-hybridized carbons (Fsp3) is 0.364. The van der Waals surface area contributed by atoms with Crippen molar-refractivity contribution in [3.8, 4) is 5.75 Å². The van der Waals surface area contributed by atoms with E-state index in [9.17, 15) is 18.0 Å². The molecule has 0 atom stereocenters. The zero-order valence-electron chi connectivity index (χ0n) is 19.4. The van der Waals surface area contributed by atoms with Crippen molar-refractivity contribution in [2.75, 3.05) is 7.11 Å². The van der Waals surface area contributed by atoms with Gasteiger partial charge in [-0.3, -0.25) is 23.6 Å². The zero-order chi connectivity index (χ0) is 25.0. The summed E-state index contributed by atoms with van der Waals surface area (Å²) in [5.74, 6) is 0.520. The second kappa shape index (κ2) is 8.43. The monoisotopic (exact) mass is 516 g/mol. The van der Waals surface area contributed by atoms with Crippen LogP contribution in [0.2, 0.25) is 0 Å². The molecule has 4 aromatic rings. The number of sulfonamides is 1. The molecule has 0 aliphatic heterocycles. The molecule has 1 fully saturated rings. The predicted molar refractivity (Wildman–Crippen MR) is 131 cm³/mol. The fourth-order valence-corrected chi connectivity index (χ4v) is 6.74. The van der Waals surface area contributed by atoms with Crippen molar-refractivity contribution in [1.82, 2.24) is 28.6 Å². The standard InChI is InChI=1S/C22H24N6O5S2/c1-22(4-5-22)25-35(31,32)18-7-17-19(29)27(13-15-9-24-26(2)11-15)21(30)28(20(17)34-18)12-14-6-16(33-3)10-23-8-14/h6-11,25H,4-5,12-13H2,1-3H3. The highest BCUT2D eigenvalue weighted by Crippen LogP contribution is 2.37. The number of pyridine rings is 1. The van der Waals surface area contributed by atoms with E-state index in [1.807, 2.05) is 6.92 Å². The van der Waals surface area contributed by atoms with E-state index in [0.29, 0.717) is 16.9 Å². The van der Waals surface area contributed by atoms with Gasteiger partial charge in [-0.15, -0.1) is 11.3 Å². The van der Waals surface area contributed by atoms with Crippen LogP contribution >= 0.6 is 11.3 Å². The summed E-state index contributed by atoms with van der Waals surface area (Å²) >= 11 is 0.907. The topological polar surface area (TPSA) is 130 Å². The molecule has 184 valence electrons. The molecule has 11 nitrogen and oxygen atoms in total. The van der Waals surface area contributed by atoms with Gasteiger partial charge in [0.2, 0.25) is 0 Å². The van der Waals surface area contributed by atoms with Gasteiger partial charge in [0.1, 0.15) is 14.8 Å². The largest absolute Gasteiger partial charge is 0.495 e. The summed E-state index contributed by atoms with van der Waals surface area (Å²) < 4.78 is 38.1. The van der Waals surface area contributed by atoms with Crippen molar-refractivity contribution in [2.24, 2.45) is 7.05 Å². The normalized spacial score (nSPS) is 14.9. The Morgan fingerprint density at radius 1 is 1.11 bits per heavy atom. The molecule has 1 N–H and O–H groups in total. The van der Waals surface area contributed by atoms with Gasteiger partial charge >= 0.3 is 5.69 Å². The first-order valence-corrected chi connectivity index (χ1v) is 13.2. The highest BCUT2D eigenvalue weighted by Gasteiger charge is 2.41. The molecule has 0 saturated heterocycles. The minimum atomic E-state index is -3.86. The van der Waals surface area contributed by atoms with E-state index in [-0.39, 0.29) is 27.5 Å². The van der Waals surface area contributed by atoms with E-state index in [1.54, 1.807) is 42.6 Å². The molecule has 0 radical (unpaired) electrons. The Morgan fingerprint density at radius 2 is 1.86 bits per heavy atom. The highest BCUT2D eigenvalue weighted by atomic mass is 32.2. The average Bonchev–Trinajstić information content (AvgIpc) is 3.19. The number of hydrogen-bond acceptors (Lipinski definition) is 8. The fourth-order valence-electron chi connectivity index (χ4n) is 3.83. The maximum absolute atomic E-state index is 13.6. The van der Waals surface area contributed by atoms with Crippen molar-refractivity contribution < 1.29 is 13.2 Å². The lowest BCUT2D eigenvalue weighted by molar-refractivity contribution is 0.412. The summed E-state index contributed by atoms with van der Waals surface area (Å²) in [5.41, 5.74) is -0.236. The number of methoxy groups -OCH3 is 1. The third-order valence-corrected chi connectivity index (χ3v) is 9.23. The summed E-state index contributed by atoms with van der Waals surface area (Å²) in [7, 11) is -0.596. The molecule has 0 unspecified atom stereocenters. The Labute approximate surface area is 204 Å². The average molecular weight is 517 g/mol. The molecular formula is C22H24N6O5S2. The molecule has 0 aromatic carbocycles. The Morgan fingerprint density at radius 3 is 2.51 bits per heavy atom. The number of nitrogens with zero attached hydrogens (tertiary/aromatic N) is 5. The number of ether oxygens (including phenoxy) is 1. The van der Waals surface area contributed by atoms with Gasteiger partial charge < -0.3 is 4.74 Å². The van der Waals surface area contributed by atoms with Gasteiger partial charge in [0.05, 0.1) is 38.0 Å². The van der Waals surface area contributed by atoms with Crippen LogP contribution < -0.4 is 20.7 Å². The smallest absolute Gasteiger partial charge is 0.332 e. The summed E-state index contributed by atoms with van der Waals surface area (Å²) in [6, 6.07) is 3.10. The van der Waals surface area contributed by atoms with Crippen LogP contribution in [-0.4, -0.2) is 45.0 Å². The third-order valence-electron chi connectivity index (χ3n) is 5.96. The quantitative estimate of drug-likeness (QED) is 0.373. The first-order valence-electron chi connectivity index (χ1n) is 10.9. The van der Waals surface area contributed by atoms with Crippen molar-refractivity contribution >= 4 is 31.6 Å². The molecule has 13 heteroatoms. The van der Waals surface area contributed by atoms with Crippen molar-refractivity contribution in [3.63, 3.8) is 0 Å². The number of hydrogen-bond donors (Lipinski definition) is 1. The lowest BCUT2D eigenvalue weighted by Crippen LogP contribution is -2.40. The van der Waals surface area contributed by atoms with Crippen LogP contribution in [0, 0.1) is 0 Å². The molecule has 1 aliphatic carbocycles. The number of aryl methyl sites for hydroxylation is 1. The molecule has 4 aromatic heterocycles.